The van der Waals surface area contributed by atoms with Gasteiger partial charge in [-0.05, 0) is 53.9 Å². The van der Waals surface area contributed by atoms with E-state index in [4.69, 9.17) is 14.2 Å². The first-order chi connectivity index (χ1) is 9.93. The van der Waals surface area contributed by atoms with Crippen molar-refractivity contribution in [2.24, 2.45) is 0 Å². The Hall–Kier alpha value is -0.810. The Morgan fingerprint density at radius 1 is 0.909 bits per heavy atom. The van der Waals surface area contributed by atoms with Crippen LogP contribution in [0.1, 0.15) is 74.1 Å². The minimum absolute atomic E-state index is 0.246. The molecule has 0 saturated heterocycles. The van der Waals surface area contributed by atoms with Crippen LogP contribution in [-0.2, 0) is 14.2 Å². The number of hydrogen-bond acceptors (Lipinski definition) is 5. The predicted molar refractivity (Wildman–Crippen MR) is 87.0 cm³/mol. The number of aliphatic hydroxyl groups is 1. The minimum Gasteiger partial charge on any atom is -0.434 e. The molecule has 0 aromatic heterocycles. The van der Waals surface area contributed by atoms with Crippen LogP contribution < -0.4 is 0 Å². The summed E-state index contributed by atoms with van der Waals surface area (Å²) in [6, 6.07) is 0. The molecular formula is C17H34O5. The number of hydrogen-bond donors (Lipinski definition) is 1. The van der Waals surface area contributed by atoms with Gasteiger partial charge < -0.3 is 19.3 Å². The van der Waals surface area contributed by atoms with Gasteiger partial charge >= 0.3 is 6.16 Å². The van der Waals surface area contributed by atoms with E-state index >= 15 is 0 Å². The summed E-state index contributed by atoms with van der Waals surface area (Å²) in [6.45, 7) is 14.0. The van der Waals surface area contributed by atoms with Crippen molar-refractivity contribution in [3.8, 4) is 0 Å². The quantitative estimate of drug-likeness (QED) is 0.615. The second-order valence-corrected chi connectivity index (χ2v) is 7.27. The third-order valence-corrected chi connectivity index (χ3v) is 4.03. The van der Waals surface area contributed by atoms with Crippen LogP contribution in [0.2, 0.25) is 0 Å². The van der Waals surface area contributed by atoms with Gasteiger partial charge in [0.05, 0.1) is 24.4 Å². The van der Waals surface area contributed by atoms with Gasteiger partial charge in [0.1, 0.15) is 5.60 Å². The molecular weight excluding hydrogens is 284 g/mol. The first-order valence-corrected chi connectivity index (χ1v) is 8.15. The second kappa shape index (κ2) is 8.73. The van der Waals surface area contributed by atoms with Crippen LogP contribution in [0, 0.1) is 0 Å². The first-order valence-electron chi connectivity index (χ1n) is 8.15. The summed E-state index contributed by atoms with van der Waals surface area (Å²) in [5.41, 5.74) is -1.61. The van der Waals surface area contributed by atoms with E-state index in [-0.39, 0.29) is 6.61 Å². The van der Waals surface area contributed by atoms with E-state index in [0.717, 1.165) is 6.42 Å². The molecule has 132 valence electrons. The van der Waals surface area contributed by atoms with Gasteiger partial charge in [0, 0.05) is 6.42 Å². The average Bonchev–Trinajstić information content (AvgIpc) is 2.37. The van der Waals surface area contributed by atoms with E-state index in [1.807, 2.05) is 41.5 Å². The van der Waals surface area contributed by atoms with Gasteiger partial charge in [-0.15, -0.1) is 0 Å². The van der Waals surface area contributed by atoms with Crippen LogP contribution >= 0.6 is 0 Å². The molecule has 1 atom stereocenters. The smallest absolute Gasteiger partial charge is 0.434 e. The Bertz CT molecular complexity index is 334. The fourth-order valence-corrected chi connectivity index (χ4v) is 1.50. The molecule has 5 nitrogen and oxygen atoms in total. The zero-order chi connectivity index (χ0) is 17.4. The highest BCUT2D eigenvalue weighted by Crippen LogP contribution is 2.20. The zero-order valence-corrected chi connectivity index (χ0v) is 15.3. The van der Waals surface area contributed by atoms with Gasteiger partial charge in [0.2, 0.25) is 0 Å². The molecule has 1 N–H and O–H groups in total. The molecule has 0 rings (SSSR count). The number of carbonyl (C=O) groups excluding carboxylic acids is 1. The van der Waals surface area contributed by atoms with Crippen molar-refractivity contribution in [3.63, 3.8) is 0 Å². The van der Waals surface area contributed by atoms with Crippen molar-refractivity contribution >= 4 is 6.16 Å². The van der Waals surface area contributed by atoms with Crippen molar-refractivity contribution in [1.82, 2.24) is 0 Å². The molecule has 5 heteroatoms. The number of carbonyl (C=O) groups is 1. The predicted octanol–water partition coefficient (Wildman–Crippen LogP) is 4.06. The molecule has 0 aliphatic carbocycles. The lowest BCUT2D eigenvalue weighted by Gasteiger charge is -2.28. The topological polar surface area (TPSA) is 65.0 Å². The largest absolute Gasteiger partial charge is 0.508 e. The Labute approximate surface area is 135 Å². The Kier molecular flexibility index (Phi) is 8.40. The monoisotopic (exact) mass is 318 g/mol. The van der Waals surface area contributed by atoms with Crippen molar-refractivity contribution in [2.45, 2.75) is 91.0 Å². The second-order valence-electron chi connectivity index (χ2n) is 7.27. The fraction of sp³-hybridized carbons (Fsp3) is 0.941. The summed E-state index contributed by atoms with van der Waals surface area (Å²) >= 11 is 0. The molecule has 0 bridgehead atoms. The maximum Gasteiger partial charge on any atom is 0.508 e. The molecule has 0 radical (unpaired) electrons. The standard InChI is InChI=1S/C17H34O5/c1-8-15(3,4)22-14(18)20-12-10-16(5,6)21-13-11-17(7,19)9-2/h19H,8-13H2,1-7H3. The molecule has 0 aliphatic heterocycles. The van der Waals surface area contributed by atoms with Gasteiger partial charge in [0.25, 0.3) is 0 Å². The molecule has 0 aliphatic rings. The fourth-order valence-electron chi connectivity index (χ4n) is 1.50. The highest BCUT2D eigenvalue weighted by atomic mass is 16.7. The molecule has 0 amide bonds. The number of rotatable bonds is 10. The van der Waals surface area contributed by atoms with Gasteiger partial charge in [-0.25, -0.2) is 4.79 Å². The normalized spacial score (nSPS) is 15.3. The first kappa shape index (κ1) is 21.2. The van der Waals surface area contributed by atoms with Gasteiger partial charge in [-0.1, -0.05) is 13.8 Å². The van der Waals surface area contributed by atoms with E-state index in [9.17, 15) is 9.90 Å². The van der Waals surface area contributed by atoms with E-state index in [1.165, 1.54) is 0 Å². The molecule has 0 aromatic rings. The van der Waals surface area contributed by atoms with Gasteiger partial charge in [-0.3, -0.25) is 0 Å². The summed E-state index contributed by atoms with van der Waals surface area (Å²) in [5, 5.41) is 9.93. The molecule has 0 heterocycles. The Morgan fingerprint density at radius 2 is 1.50 bits per heavy atom. The zero-order valence-electron chi connectivity index (χ0n) is 15.3. The highest BCUT2D eigenvalue weighted by Gasteiger charge is 2.24. The molecule has 1 unspecified atom stereocenters. The molecule has 0 saturated carbocycles. The van der Waals surface area contributed by atoms with E-state index < -0.39 is 23.0 Å². The SMILES string of the molecule is CCC(C)(O)CCOC(C)(C)CCOC(=O)OC(C)(C)CC. The van der Waals surface area contributed by atoms with E-state index in [0.29, 0.717) is 25.9 Å². The third kappa shape index (κ3) is 10.0. The van der Waals surface area contributed by atoms with Gasteiger partial charge in [-0.2, -0.15) is 0 Å². The summed E-state index contributed by atoms with van der Waals surface area (Å²) in [7, 11) is 0. The van der Waals surface area contributed by atoms with Crippen LogP contribution in [0.5, 0.6) is 0 Å². The van der Waals surface area contributed by atoms with Crippen molar-refractivity contribution in [2.75, 3.05) is 13.2 Å². The van der Waals surface area contributed by atoms with Crippen molar-refractivity contribution in [1.29, 1.82) is 0 Å². The van der Waals surface area contributed by atoms with Crippen LogP contribution in [0.3, 0.4) is 0 Å². The summed E-state index contributed by atoms with van der Waals surface area (Å²) in [6.07, 6.45) is 1.94. The maximum atomic E-state index is 11.6. The summed E-state index contributed by atoms with van der Waals surface area (Å²) in [5.74, 6) is 0. The molecule has 0 spiro atoms. The van der Waals surface area contributed by atoms with Crippen LogP contribution in [0.15, 0.2) is 0 Å². The Morgan fingerprint density at radius 3 is 2.00 bits per heavy atom. The molecule has 0 aromatic carbocycles. The van der Waals surface area contributed by atoms with Crippen LogP contribution in [0.4, 0.5) is 4.79 Å². The number of ether oxygens (including phenoxy) is 3. The highest BCUT2D eigenvalue weighted by molar-refractivity contribution is 5.60. The Balaban J connectivity index is 4.00. The summed E-state index contributed by atoms with van der Waals surface area (Å²) in [4.78, 5) is 11.6. The lowest BCUT2D eigenvalue weighted by molar-refractivity contribution is -0.0679. The van der Waals surface area contributed by atoms with Crippen LogP contribution in [0.25, 0.3) is 0 Å². The van der Waals surface area contributed by atoms with Crippen LogP contribution in [-0.4, -0.2) is 41.3 Å². The van der Waals surface area contributed by atoms with E-state index in [2.05, 4.69) is 0 Å². The lowest BCUT2D eigenvalue weighted by Crippen LogP contribution is -2.32. The van der Waals surface area contributed by atoms with E-state index in [1.54, 1.807) is 6.92 Å². The maximum absolute atomic E-state index is 11.6. The molecule has 0 fully saturated rings. The van der Waals surface area contributed by atoms with Gasteiger partial charge in [0.15, 0.2) is 0 Å². The van der Waals surface area contributed by atoms with Crippen molar-refractivity contribution in [3.05, 3.63) is 0 Å². The van der Waals surface area contributed by atoms with Crippen molar-refractivity contribution < 1.29 is 24.1 Å². The molecule has 22 heavy (non-hydrogen) atoms. The summed E-state index contributed by atoms with van der Waals surface area (Å²) < 4.78 is 16.1. The lowest BCUT2D eigenvalue weighted by atomic mass is 9.99. The minimum atomic E-state index is -0.692. The average molecular weight is 318 g/mol. The third-order valence-electron chi connectivity index (χ3n) is 4.03.